The minimum atomic E-state index is -0.972. The molecule has 5 atom stereocenters. The van der Waals surface area contributed by atoms with Gasteiger partial charge in [0.2, 0.25) is 5.91 Å². The number of carbonyl (C=O) groups is 1. The Morgan fingerprint density at radius 1 is 1.33 bits per heavy atom. The van der Waals surface area contributed by atoms with Crippen LogP contribution in [0.3, 0.4) is 0 Å². The standard InChI is InChI=1S/C14H25NO5S/c1-15-11(16)5-7-21-8-10-9-4-2-3-6-19-14(20-10)13(18)12(9)17/h9-10,12-14,17-18H,2-8H2,1H3,(H,15,16). The Morgan fingerprint density at radius 2 is 2.14 bits per heavy atom. The molecule has 3 fully saturated rings. The Hall–Kier alpha value is -0.340. The Bertz CT molecular complexity index is 341. The molecule has 0 aromatic rings. The van der Waals surface area contributed by atoms with Gasteiger partial charge in [0.15, 0.2) is 6.29 Å². The fourth-order valence-corrected chi connectivity index (χ4v) is 3.87. The molecule has 0 spiro atoms. The van der Waals surface area contributed by atoms with Gasteiger partial charge >= 0.3 is 0 Å². The number of aliphatic hydroxyl groups excluding tert-OH is 2. The van der Waals surface area contributed by atoms with Crippen LogP contribution in [-0.4, -0.2) is 65.9 Å². The topological polar surface area (TPSA) is 88.0 Å². The van der Waals surface area contributed by atoms with Crippen LogP contribution in [-0.2, 0) is 14.3 Å². The molecule has 3 N–H and O–H groups in total. The summed E-state index contributed by atoms with van der Waals surface area (Å²) in [4.78, 5) is 11.2. The van der Waals surface area contributed by atoms with Gasteiger partial charge in [0, 0.05) is 37.5 Å². The summed E-state index contributed by atoms with van der Waals surface area (Å²) < 4.78 is 11.4. The fourth-order valence-electron chi connectivity index (χ4n) is 2.82. The SMILES string of the molecule is CNC(=O)CCSCC1OC2OCCCCC1C(O)C2O. The van der Waals surface area contributed by atoms with E-state index < -0.39 is 18.5 Å². The summed E-state index contributed by atoms with van der Waals surface area (Å²) in [7, 11) is 1.63. The zero-order valence-electron chi connectivity index (χ0n) is 12.4. The number of amides is 1. The average Bonchev–Trinajstić information content (AvgIpc) is 2.62. The largest absolute Gasteiger partial charge is 0.390 e. The van der Waals surface area contributed by atoms with Gasteiger partial charge in [-0.25, -0.2) is 0 Å². The molecular weight excluding hydrogens is 294 g/mol. The van der Waals surface area contributed by atoms with Crippen molar-refractivity contribution in [2.24, 2.45) is 5.92 Å². The van der Waals surface area contributed by atoms with Crippen LogP contribution in [0, 0.1) is 5.92 Å². The van der Waals surface area contributed by atoms with Crippen molar-refractivity contribution < 1.29 is 24.5 Å². The first-order chi connectivity index (χ1) is 10.1. The summed E-state index contributed by atoms with van der Waals surface area (Å²) in [6, 6.07) is 0. The number of hydrogen-bond donors (Lipinski definition) is 3. The number of ether oxygens (including phenoxy) is 2. The lowest BCUT2D eigenvalue weighted by Gasteiger charge is -2.42. The number of nitrogens with one attached hydrogen (secondary N) is 1. The molecule has 0 aliphatic carbocycles. The number of hydrogen-bond acceptors (Lipinski definition) is 6. The lowest BCUT2D eigenvalue weighted by molar-refractivity contribution is -0.277. The van der Waals surface area contributed by atoms with Crippen molar-refractivity contribution in [3.8, 4) is 0 Å². The molecule has 1 amide bonds. The summed E-state index contributed by atoms with van der Waals surface area (Å²) in [5, 5.41) is 22.9. The zero-order valence-corrected chi connectivity index (χ0v) is 13.2. The average molecular weight is 319 g/mol. The number of rotatable bonds is 5. The van der Waals surface area contributed by atoms with Crippen molar-refractivity contribution in [3.05, 3.63) is 0 Å². The summed E-state index contributed by atoms with van der Waals surface area (Å²) in [6.45, 7) is 0.553. The molecule has 122 valence electrons. The van der Waals surface area contributed by atoms with E-state index in [-0.39, 0.29) is 17.9 Å². The first-order valence-corrected chi connectivity index (χ1v) is 8.70. The van der Waals surface area contributed by atoms with Gasteiger partial charge in [0.05, 0.1) is 12.2 Å². The van der Waals surface area contributed by atoms with Gasteiger partial charge in [-0.2, -0.15) is 11.8 Å². The molecule has 0 radical (unpaired) electrons. The minimum absolute atomic E-state index is 0.0261. The number of thioether (sulfide) groups is 1. The maximum atomic E-state index is 11.2. The fraction of sp³-hybridized carbons (Fsp3) is 0.929. The molecule has 3 aliphatic rings. The molecule has 3 rings (SSSR count). The molecule has 2 bridgehead atoms. The van der Waals surface area contributed by atoms with E-state index in [4.69, 9.17) is 9.47 Å². The predicted octanol–water partition coefficient (Wildman–Crippen LogP) is 0.119. The summed E-state index contributed by atoms with van der Waals surface area (Å²) in [5.74, 6) is 1.38. The second kappa shape index (κ2) is 8.33. The Balaban J connectivity index is 1.87. The lowest BCUT2D eigenvalue weighted by Crippen LogP contribution is -2.55. The van der Waals surface area contributed by atoms with Crippen LogP contribution in [0.1, 0.15) is 25.7 Å². The van der Waals surface area contributed by atoms with Gasteiger partial charge < -0.3 is 25.0 Å². The molecule has 3 heterocycles. The van der Waals surface area contributed by atoms with Crippen molar-refractivity contribution in [2.45, 2.75) is 50.3 Å². The normalized spacial score (nSPS) is 36.6. The van der Waals surface area contributed by atoms with Gasteiger partial charge in [-0.1, -0.05) is 6.42 Å². The summed E-state index contributed by atoms with van der Waals surface area (Å²) in [6.07, 6.45) is 0.543. The number of aliphatic hydroxyl groups is 2. The van der Waals surface area contributed by atoms with E-state index in [1.807, 2.05) is 0 Å². The smallest absolute Gasteiger partial charge is 0.220 e. The number of fused-ring (bicyclic) bond motifs is 6. The van der Waals surface area contributed by atoms with Gasteiger partial charge in [0.1, 0.15) is 6.10 Å². The van der Waals surface area contributed by atoms with Crippen molar-refractivity contribution in [1.29, 1.82) is 0 Å². The van der Waals surface area contributed by atoms with Crippen molar-refractivity contribution in [2.75, 3.05) is 25.2 Å². The van der Waals surface area contributed by atoms with E-state index in [0.717, 1.165) is 25.0 Å². The molecular formula is C14H25NO5S. The number of carbonyl (C=O) groups excluding carboxylic acids is 1. The van der Waals surface area contributed by atoms with Crippen LogP contribution in [0.4, 0.5) is 0 Å². The van der Waals surface area contributed by atoms with Crippen LogP contribution < -0.4 is 5.32 Å². The van der Waals surface area contributed by atoms with E-state index in [2.05, 4.69) is 5.32 Å². The molecule has 0 saturated carbocycles. The first-order valence-electron chi connectivity index (χ1n) is 7.55. The second-order valence-electron chi connectivity index (χ2n) is 5.55. The second-order valence-corrected chi connectivity index (χ2v) is 6.70. The van der Waals surface area contributed by atoms with Crippen molar-refractivity contribution >= 4 is 17.7 Å². The first kappa shape index (κ1) is 17.0. The van der Waals surface area contributed by atoms with E-state index in [0.29, 0.717) is 18.8 Å². The summed E-state index contributed by atoms with van der Waals surface area (Å²) >= 11 is 1.64. The van der Waals surface area contributed by atoms with Crippen LogP contribution in [0.15, 0.2) is 0 Å². The van der Waals surface area contributed by atoms with E-state index >= 15 is 0 Å². The highest BCUT2D eigenvalue weighted by Gasteiger charge is 2.44. The van der Waals surface area contributed by atoms with Crippen LogP contribution >= 0.6 is 11.8 Å². The molecule has 3 saturated heterocycles. The van der Waals surface area contributed by atoms with E-state index in [9.17, 15) is 15.0 Å². The van der Waals surface area contributed by atoms with Gasteiger partial charge in [0.25, 0.3) is 0 Å². The van der Waals surface area contributed by atoms with Gasteiger partial charge in [-0.15, -0.1) is 0 Å². The summed E-state index contributed by atoms with van der Waals surface area (Å²) in [5.41, 5.74) is 0. The molecule has 5 unspecified atom stereocenters. The quantitative estimate of drug-likeness (QED) is 0.624. The van der Waals surface area contributed by atoms with Gasteiger partial charge in [-0.05, 0) is 12.8 Å². The van der Waals surface area contributed by atoms with Crippen LogP contribution in [0.2, 0.25) is 0 Å². The third-order valence-corrected chi connectivity index (χ3v) is 5.16. The highest BCUT2D eigenvalue weighted by molar-refractivity contribution is 7.99. The third kappa shape index (κ3) is 4.56. The molecule has 0 aromatic heterocycles. The van der Waals surface area contributed by atoms with Crippen molar-refractivity contribution in [3.63, 3.8) is 0 Å². The highest BCUT2D eigenvalue weighted by Crippen LogP contribution is 2.33. The minimum Gasteiger partial charge on any atom is -0.390 e. The maximum absolute atomic E-state index is 11.2. The van der Waals surface area contributed by atoms with Crippen LogP contribution in [0.5, 0.6) is 0 Å². The van der Waals surface area contributed by atoms with Crippen LogP contribution in [0.25, 0.3) is 0 Å². The third-order valence-electron chi connectivity index (χ3n) is 4.10. The van der Waals surface area contributed by atoms with Crippen molar-refractivity contribution in [1.82, 2.24) is 5.32 Å². The predicted molar refractivity (Wildman–Crippen MR) is 80.0 cm³/mol. The Kier molecular flexibility index (Phi) is 6.75. The van der Waals surface area contributed by atoms with E-state index in [1.165, 1.54) is 0 Å². The molecule has 0 aromatic carbocycles. The molecule has 7 heteroatoms. The molecule has 3 aliphatic heterocycles. The molecule has 6 nitrogen and oxygen atoms in total. The monoisotopic (exact) mass is 319 g/mol. The van der Waals surface area contributed by atoms with E-state index in [1.54, 1.807) is 18.8 Å². The lowest BCUT2D eigenvalue weighted by atomic mass is 9.86. The Labute approximate surface area is 129 Å². The zero-order chi connectivity index (χ0) is 15.2. The molecule has 21 heavy (non-hydrogen) atoms. The maximum Gasteiger partial charge on any atom is 0.220 e. The highest BCUT2D eigenvalue weighted by atomic mass is 32.2. The van der Waals surface area contributed by atoms with Gasteiger partial charge in [-0.3, -0.25) is 4.79 Å². The Morgan fingerprint density at radius 3 is 2.90 bits per heavy atom.